The lowest BCUT2D eigenvalue weighted by Crippen LogP contribution is -2.46. The molecule has 2 fully saturated rings. The summed E-state index contributed by atoms with van der Waals surface area (Å²) in [6, 6.07) is 0.136. The number of carbonyl (C=O) groups is 1. The van der Waals surface area contributed by atoms with Crippen LogP contribution in [0, 0.1) is 0 Å². The summed E-state index contributed by atoms with van der Waals surface area (Å²) in [5.74, 6) is -0.187. The van der Waals surface area contributed by atoms with E-state index >= 15 is 0 Å². The van der Waals surface area contributed by atoms with Crippen molar-refractivity contribution in [3.05, 3.63) is 24.3 Å². The van der Waals surface area contributed by atoms with E-state index in [1.165, 1.54) is 0 Å². The summed E-state index contributed by atoms with van der Waals surface area (Å²) in [6.07, 6.45) is 8.21. The van der Waals surface area contributed by atoms with Crippen LogP contribution in [0.1, 0.15) is 12.8 Å². The molecule has 7 nitrogen and oxygen atoms in total. The molecule has 0 spiro atoms. The van der Waals surface area contributed by atoms with E-state index in [9.17, 15) is 13.6 Å². The molecule has 132 valence electrons. The molecule has 1 saturated carbocycles. The lowest BCUT2D eigenvalue weighted by atomic mass is 10.2. The Balaban J connectivity index is 1.58. The van der Waals surface area contributed by atoms with Gasteiger partial charge in [0, 0.05) is 32.2 Å². The van der Waals surface area contributed by atoms with Crippen molar-refractivity contribution in [1.29, 1.82) is 0 Å². The third kappa shape index (κ3) is 4.84. The average Bonchev–Trinajstić information content (AvgIpc) is 3.33. The average molecular weight is 352 g/mol. The third-order valence-corrected chi connectivity index (χ3v) is 5.83. The maximum Gasteiger partial charge on any atom is 0.260 e. The highest BCUT2D eigenvalue weighted by atomic mass is 32.2. The van der Waals surface area contributed by atoms with E-state index in [-0.39, 0.29) is 11.9 Å². The van der Waals surface area contributed by atoms with Crippen molar-refractivity contribution in [2.24, 2.45) is 4.99 Å². The zero-order valence-corrected chi connectivity index (χ0v) is 14.7. The Labute approximate surface area is 143 Å². The van der Waals surface area contributed by atoms with Crippen LogP contribution in [-0.2, 0) is 14.8 Å². The van der Waals surface area contributed by atoms with E-state index in [0.29, 0.717) is 17.1 Å². The quantitative estimate of drug-likeness (QED) is 0.692. The molecule has 24 heavy (non-hydrogen) atoms. The SMILES string of the molecule is CN1CCN(CC(=O)N=C2C=CC(=S(=O)(O)NC3CC3)C=C2)CC1. The Bertz CT molecular complexity index is 689. The number of likely N-dealkylation sites (N-methyl/N-ethyl adjacent to an activating group) is 1. The van der Waals surface area contributed by atoms with Crippen LogP contribution < -0.4 is 4.72 Å². The molecule has 0 radical (unpaired) electrons. The Hall–Kier alpha value is -1.32. The van der Waals surface area contributed by atoms with Crippen molar-refractivity contribution >= 4 is 26.5 Å². The summed E-state index contributed by atoms with van der Waals surface area (Å²) in [5.41, 5.74) is 0.513. The summed E-state index contributed by atoms with van der Waals surface area (Å²) in [4.78, 5) is 20.8. The molecule has 8 heteroatoms. The second-order valence-corrected chi connectivity index (χ2v) is 8.26. The van der Waals surface area contributed by atoms with E-state index in [0.717, 1.165) is 39.0 Å². The van der Waals surface area contributed by atoms with Gasteiger partial charge in [-0.1, -0.05) is 0 Å². The highest BCUT2D eigenvalue weighted by Crippen LogP contribution is 2.20. The van der Waals surface area contributed by atoms with Gasteiger partial charge >= 0.3 is 0 Å². The lowest BCUT2D eigenvalue weighted by Gasteiger charge is -2.31. The van der Waals surface area contributed by atoms with Crippen molar-refractivity contribution in [3.63, 3.8) is 0 Å². The minimum Gasteiger partial charge on any atom is -0.304 e. The van der Waals surface area contributed by atoms with Crippen LogP contribution in [-0.4, -0.2) is 80.9 Å². The fraction of sp³-hybridized carbons (Fsp3) is 0.562. The van der Waals surface area contributed by atoms with Gasteiger partial charge in [0.05, 0.1) is 17.1 Å². The molecular weight excluding hydrogens is 328 g/mol. The highest BCUT2D eigenvalue weighted by molar-refractivity contribution is 7.96. The van der Waals surface area contributed by atoms with E-state index in [1.54, 1.807) is 24.3 Å². The van der Waals surface area contributed by atoms with Gasteiger partial charge in [0.2, 0.25) is 0 Å². The molecule has 1 saturated heterocycles. The Morgan fingerprint density at radius 3 is 2.46 bits per heavy atom. The largest absolute Gasteiger partial charge is 0.304 e. The van der Waals surface area contributed by atoms with Gasteiger partial charge in [-0.25, -0.2) is 13.9 Å². The van der Waals surface area contributed by atoms with Crippen LogP contribution in [0.2, 0.25) is 0 Å². The molecule has 2 aliphatic carbocycles. The van der Waals surface area contributed by atoms with Gasteiger partial charge in [-0.05, 0) is 44.2 Å². The standard InChI is InChI=1S/C16H24N4O3S/c1-19-8-10-20(11-9-19)12-16(21)17-13-4-6-15(7-5-13)24(22,23)18-14-2-3-14/h4-7,14H,2-3,8-12H2,1H3,(H2,18,22,23). The first-order chi connectivity index (χ1) is 11.4. The fourth-order valence-electron chi connectivity index (χ4n) is 2.58. The molecule has 0 bridgehead atoms. The molecular formula is C16H24N4O3S. The molecule has 1 atom stereocenters. The minimum atomic E-state index is -3.21. The summed E-state index contributed by atoms with van der Waals surface area (Å²) in [5, 5.41) is 0. The minimum absolute atomic E-state index is 0.136. The Kier molecular flexibility index (Phi) is 5.31. The Morgan fingerprint density at radius 1 is 1.25 bits per heavy atom. The molecule has 1 unspecified atom stereocenters. The summed E-state index contributed by atoms with van der Waals surface area (Å²) >= 11 is 0. The van der Waals surface area contributed by atoms with Gasteiger partial charge < -0.3 is 9.45 Å². The van der Waals surface area contributed by atoms with Crippen LogP contribution in [0.15, 0.2) is 29.3 Å². The molecule has 0 aromatic carbocycles. The summed E-state index contributed by atoms with van der Waals surface area (Å²) < 4.78 is 25.0. The first kappa shape index (κ1) is 17.5. The van der Waals surface area contributed by atoms with E-state index in [4.69, 9.17) is 0 Å². The maximum atomic E-state index is 12.2. The zero-order valence-electron chi connectivity index (χ0n) is 13.9. The molecule has 3 aliphatic rings. The van der Waals surface area contributed by atoms with Gasteiger partial charge in [0.15, 0.2) is 9.99 Å². The summed E-state index contributed by atoms with van der Waals surface area (Å²) in [6.45, 7) is 3.98. The molecule has 0 aromatic heterocycles. The predicted molar refractivity (Wildman–Crippen MR) is 96.6 cm³/mol. The van der Waals surface area contributed by atoms with Crippen LogP contribution in [0.3, 0.4) is 0 Å². The predicted octanol–water partition coefficient (Wildman–Crippen LogP) is -0.0758. The number of hydrogen-bond donors (Lipinski definition) is 2. The van der Waals surface area contributed by atoms with Gasteiger partial charge in [0.25, 0.3) is 5.91 Å². The fourth-order valence-corrected chi connectivity index (χ4v) is 3.91. The van der Waals surface area contributed by atoms with Crippen molar-refractivity contribution in [2.45, 2.75) is 18.9 Å². The Morgan fingerprint density at radius 2 is 1.88 bits per heavy atom. The number of hydrogen-bond acceptors (Lipinski definition) is 4. The number of allylic oxidation sites excluding steroid dienone is 4. The van der Waals surface area contributed by atoms with Crippen LogP contribution in [0.4, 0.5) is 0 Å². The maximum absolute atomic E-state index is 12.2. The third-order valence-electron chi connectivity index (χ3n) is 4.27. The van der Waals surface area contributed by atoms with E-state index in [1.807, 2.05) is 0 Å². The first-order valence-electron chi connectivity index (χ1n) is 8.22. The van der Waals surface area contributed by atoms with Crippen LogP contribution >= 0.6 is 0 Å². The topological polar surface area (TPSA) is 85.2 Å². The van der Waals surface area contributed by atoms with E-state index in [2.05, 4.69) is 26.6 Å². The molecule has 2 N–H and O–H groups in total. The van der Waals surface area contributed by atoms with Crippen LogP contribution in [0.25, 0.3) is 0 Å². The number of carbonyl (C=O) groups excluding carboxylic acids is 1. The number of nitrogens with one attached hydrogen (secondary N) is 1. The lowest BCUT2D eigenvalue weighted by molar-refractivity contribution is -0.119. The van der Waals surface area contributed by atoms with Gasteiger partial charge in [-0.3, -0.25) is 9.69 Å². The van der Waals surface area contributed by atoms with Crippen molar-refractivity contribution in [3.8, 4) is 0 Å². The number of aliphatic imine (C=N–C) groups is 1. The summed E-state index contributed by atoms with van der Waals surface area (Å²) in [7, 11) is -1.14. The van der Waals surface area contributed by atoms with Crippen LogP contribution in [0.5, 0.6) is 0 Å². The number of rotatable bonds is 4. The molecule has 0 aromatic rings. The van der Waals surface area contributed by atoms with Gasteiger partial charge in [0.1, 0.15) is 0 Å². The second-order valence-electron chi connectivity index (χ2n) is 6.50. The highest BCUT2D eigenvalue weighted by Gasteiger charge is 2.25. The smallest absolute Gasteiger partial charge is 0.260 e. The van der Waals surface area contributed by atoms with Crippen molar-refractivity contribution < 1.29 is 13.6 Å². The molecule has 1 amide bonds. The van der Waals surface area contributed by atoms with Gasteiger partial charge in [-0.2, -0.15) is 0 Å². The molecule has 3 rings (SSSR count). The number of piperazine rings is 1. The van der Waals surface area contributed by atoms with Crippen molar-refractivity contribution in [2.75, 3.05) is 39.8 Å². The number of amides is 1. The zero-order chi connectivity index (χ0) is 17.2. The first-order valence-corrected chi connectivity index (χ1v) is 9.73. The second kappa shape index (κ2) is 7.28. The van der Waals surface area contributed by atoms with E-state index < -0.39 is 9.99 Å². The van der Waals surface area contributed by atoms with Crippen molar-refractivity contribution in [1.82, 2.24) is 14.5 Å². The number of nitrogens with zero attached hydrogens (tertiary/aromatic N) is 3. The van der Waals surface area contributed by atoms with Gasteiger partial charge in [-0.15, -0.1) is 0 Å². The monoisotopic (exact) mass is 352 g/mol. The normalized spacial score (nSPS) is 24.9. The molecule has 1 aliphatic heterocycles. The molecule has 1 heterocycles.